The summed E-state index contributed by atoms with van der Waals surface area (Å²) in [6.07, 6.45) is 0. The van der Waals surface area contributed by atoms with E-state index in [4.69, 9.17) is 12.2 Å². The Labute approximate surface area is 106 Å². The van der Waals surface area contributed by atoms with Gasteiger partial charge in [-0.05, 0) is 30.6 Å². The van der Waals surface area contributed by atoms with Gasteiger partial charge in [-0.25, -0.2) is 0 Å². The summed E-state index contributed by atoms with van der Waals surface area (Å²) >= 11 is 5.18. The van der Waals surface area contributed by atoms with Crippen molar-refractivity contribution in [3.63, 3.8) is 0 Å². The Morgan fingerprint density at radius 1 is 1.29 bits per heavy atom. The van der Waals surface area contributed by atoms with Gasteiger partial charge in [-0.15, -0.1) is 0 Å². The third kappa shape index (κ3) is 2.31. The van der Waals surface area contributed by atoms with Gasteiger partial charge in [-0.3, -0.25) is 5.10 Å². The molecule has 1 N–H and O–H groups in total. The first-order valence-corrected chi connectivity index (χ1v) is 6.29. The molecule has 0 amide bonds. The molecule has 1 aromatic heterocycles. The molecule has 0 aliphatic rings. The van der Waals surface area contributed by atoms with Crippen LogP contribution in [0.25, 0.3) is 11.4 Å². The Bertz CT molecular complexity index is 549. The number of hydrogen-bond donors (Lipinski definition) is 1. The lowest BCUT2D eigenvalue weighted by Crippen LogP contribution is -1.97. The molecule has 0 bridgehead atoms. The molecule has 0 spiro atoms. The normalized spacial score (nSPS) is 11.1. The van der Waals surface area contributed by atoms with Crippen molar-refractivity contribution in [2.75, 3.05) is 0 Å². The molecule has 0 aliphatic carbocycles. The first-order chi connectivity index (χ1) is 8.13. The summed E-state index contributed by atoms with van der Waals surface area (Å²) in [5, 5.41) is 7.12. The number of aromatic amines is 1. The quantitative estimate of drug-likeness (QED) is 0.838. The minimum atomic E-state index is 0.552. The monoisotopic (exact) mass is 247 g/mol. The minimum Gasteiger partial charge on any atom is -0.300 e. The van der Waals surface area contributed by atoms with Crippen molar-refractivity contribution in [2.24, 2.45) is 0 Å². The second kappa shape index (κ2) is 4.84. The largest absolute Gasteiger partial charge is 0.300 e. The first kappa shape index (κ1) is 12.0. The Morgan fingerprint density at radius 2 is 1.94 bits per heavy atom. The van der Waals surface area contributed by atoms with Crippen LogP contribution in [0.15, 0.2) is 24.3 Å². The second-order valence-corrected chi connectivity index (χ2v) is 4.76. The Kier molecular flexibility index (Phi) is 3.43. The summed E-state index contributed by atoms with van der Waals surface area (Å²) in [6, 6.07) is 8.51. The van der Waals surface area contributed by atoms with E-state index in [-0.39, 0.29) is 0 Å². The molecule has 0 atom stereocenters. The van der Waals surface area contributed by atoms with Gasteiger partial charge in [0.1, 0.15) is 0 Å². The van der Waals surface area contributed by atoms with Gasteiger partial charge in [0.05, 0.1) is 0 Å². The number of hydrogen-bond acceptors (Lipinski definition) is 2. The number of H-pyrrole nitrogens is 1. The van der Waals surface area contributed by atoms with Gasteiger partial charge in [0.25, 0.3) is 0 Å². The third-order valence-electron chi connectivity index (χ3n) is 2.91. The predicted octanol–water partition coefficient (Wildman–Crippen LogP) is 3.75. The van der Waals surface area contributed by atoms with E-state index in [0.29, 0.717) is 10.7 Å². The van der Waals surface area contributed by atoms with Crippen molar-refractivity contribution in [2.45, 2.75) is 33.2 Å². The zero-order valence-corrected chi connectivity index (χ0v) is 11.2. The topological polar surface area (TPSA) is 33.6 Å². The van der Waals surface area contributed by atoms with Crippen LogP contribution < -0.4 is 0 Å². The lowest BCUT2D eigenvalue weighted by Gasteiger charge is -2.07. The number of benzene rings is 1. The molecule has 1 heterocycles. The van der Waals surface area contributed by atoms with Gasteiger partial charge in [-0.2, -0.15) is 5.10 Å². The lowest BCUT2D eigenvalue weighted by atomic mass is 10.0. The van der Waals surface area contributed by atoms with Crippen LogP contribution in [-0.4, -0.2) is 14.8 Å². The van der Waals surface area contributed by atoms with Crippen LogP contribution in [0, 0.1) is 4.77 Å². The maximum Gasteiger partial charge on any atom is 0.195 e. The molecule has 0 aliphatic heterocycles. The van der Waals surface area contributed by atoms with Gasteiger partial charge < -0.3 is 4.57 Å². The Balaban J connectivity index is 2.43. The standard InChI is InChI=1S/C13H17N3S/c1-4-16-12(14-15-13(16)17)11-7-5-10(6-8-11)9(2)3/h5-9H,4H2,1-3H3,(H,15,17). The molecule has 1 aromatic carbocycles. The highest BCUT2D eigenvalue weighted by Crippen LogP contribution is 2.21. The first-order valence-electron chi connectivity index (χ1n) is 5.89. The number of nitrogens with zero attached hydrogens (tertiary/aromatic N) is 2. The Hall–Kier alpha value is -1.42. The van der Waals surface area contributed by atoms with Crippen molar-refractivity contribution < 1.29 is 0 Å². The molecule has 0 fully saturated rings. The summed E-state index contributed by atoms with van der Waals surface area (Å²) in [5.74, 6) is 1.46. The molecule has 0 radical (unpaired) electrons. The van der Waals surface area contributed by atoms with Gasteiger partial charge in [-0.1, -0.05) is 38.1 Å². The van der Waals surface area contributed by atoms with Crippen LogP contribution in [-0.2, 0) is 6.54 Å². The van der Waals surface area contributed by atoms with Gasteiger partial charge in [0.2, 0.25) is 0 Å². The van der Waals surface area contributed by atoms with E-state index in [2.05, 4.69) is 55.2 Å². The van der Waals surface area contributed by atoms with Crippen LogP contribution in [0.4, 0.5) is 0 Å². The summed E-state index contributed by atoms with van der Waals surface area (Å²) < 4.78 is 2.68. The van der Waals surface area contributed by atoms with Crippen molar-refractivity contribution in [1.82, 2.24) is 14.8 Å². The zero-order valence-electron chi connectivity index (χ0n) is 10.4. The summed E-state index contributed by atoms with van der Waals surface area (Å²) in [5.41, 5.74) is 2.44. The minimum absolute atomic E-state index is 0.552. The van der Waals surface area contributed by atoms with E-state index in [1.54, 1.807) is 0 Å². The van der Waals surface area contributed by atoms with E-state index in [1.807, 2.05) is 4.57 Å². The second-order valence-electron chi connectivity index (χ2n) is 4.37. The van der Waals surface area contributed by atoms with Crippen LogP contribution in [0.1, 0.15) is 32.3 Å². The lowest BCUT2D eigenvalue weighted by molar-refractivity contribution is 0.755. The summed E-state index contributed by atoms with van der Waals surface area (Å²) in [6.45, 7) is 7.28. The summed E-state index contributed by atoms with van der Waals surface area (Å²) in [4.78, 5) is 0. The smallest absolute Gasteiger partial charge is 0.195 e. The molecular formula is C13H17N3S. The highest BCUT2D eigenvalue weighted by Gasteiger charge is 2.07. The average Bonchev–Trinajstić information content (AvgIpc) is 2.70. The van der Waals surface area contributed by atoms with Crippen molar-refractivity contribution >= 4 is 12.2 Å². The molecule has 4 heteroatoms. The molecule has 0 saturated carbocycles. The van der Waals surface area contributed by atoms with E-state index in [1.165, 1.54) is 5.56 Å². The number of rotatable bonds is 3. The van der Waals surface area contributed by atoms with Crippen LogP contribution >= 0.6 is 12.2 Å². The fraction of sp³-hybridized carbons (Fsp3) is 0.385. The SMILES string of the molecule is CCn1c(-c2ccc(C(C)C)cc2)n[nH]c1=S. The van der Waals surface area contributed by atoms with Crippen LogP contribution in [0.5, 0.6) is 0 Å². The van der Waals surface area contributed by atoms with Crippen molar-refractivity contribution in [3.05, 3.63) is 34.6 Å². The van der Waals surface area contributed by atoms with Crippen molar-refractivity contribution in [3.8, 4) is 11.4 Å². The maximum atomic E-state index is 5.18. The Morgan fingerprint density at radius 3 is 2.47 bits per heavy atom. The van der Waals surface area contributed by atoms with Gasteiger partial charge >= 0.3 is 0 Å². The number of nitrogens with one attached hydrogen (secondary N) is 1. The van der Waals surface area contributed by atoms with E-state index < -0.39 is 0 Å². The number of aromatic nitrogens is 3. The molecule has 3 nitrogen and oxygen atoms in total. The van der Waals surface area contributed by atoms with Crippen LogP contribution in [0.2, 0.25) is 0 Å². The maximum absolute atomic E-state index is 5.18. The molecule has 0 unspecified atom stereocenters. The predicted molar refractivity (Wildman–Crippen MR) is 72.6 cm³/mol. The summed E-state index contributed by atoms with van der Waals surface area (Å²) in [7, 11) is 0. The van der Waals surface area contributed by atoms with E-state index >= 15 is 0 Å². The van der Waals surface area contributed by atoms with Gasteiger partial charge in [0, 0.05) is 12.1 Å². The zero-order chi connectivity index (χ0) is 12.4. The van der Waals surface area contributed by atoms with Crippen LogP contribution in [0.3, 0.4) is 0 Å². The van der Waals surface area contributed by atoms with Gasteiger partial charge in [0.15, 0.2) is 10.6 Å². The third-order valence-corrected chi connectivity index (χ3v) is 3.22. The molecular weight excluding hydrogens is 230 g/mol. The molecule has 2 aromatic rings. The molecule has 90 valence electrons. The average molecular weight is 247 g/mol. The van der Waals surface area contributed by atoms with E-state index in [0.717, 1.165) is 17.9 Å². The van der Waals surface area contributed by atoms with Crippen molar-refractivity contribution in [1.29, 1.82) is 0 Å². The fourth-order valence-corrected chi connectivity index (χ4v) is 2.11. The molecule has 17 heavy (non-hydrogen) atoms. The highest BCUT2D eigenvalue weighted by atomic mass is 32.1. The van der Waals surface area contributed by atoms with E-state index in [9.17, 15) is 0 Å². The molecule has 2 rings (SSSR count). The molecule has 0 saturated heterocycles. The fourth-order valence-electron chi connectivity index (χ4n) is 1.85. The highest BCUT2D eigenvalue weighted by molar-refractivity contribution is 7.71.